The molecule has 0 spiro atoms. The highest BCUT2D eigenvalue weighted by molar-refractivity contribution is 5.85. The Morgan fingerprint density at radius 3 is 2.45 bits per heavy atom. The number of aryl methyl sites for hydroxylation is 2. The van der Waals surface area contributed by atoms with Crippen molar-refractivity contribution in [3.8, 4) is 17.0 Å². The van der Waals surface area contributed by atoms with Gasteiger partial charge in [0.2, 0.25) is 0 Å². The minimum atomic E-state index is 0.812. The van der Waals surface area contributed by atoms with Crippen LogP contribution in [0, 0.1) is 13.8 Å². The number of rotatable bonds is 2. The zero-order chi connectivity index (χ0) is 14.1. The van der Waals surface area contributed by atoms with Crippen molar-refractivity contribution in [2.45, 2.75) is 13.8 Å². The number of pyridine rings is 1. The van der Waals surface area contributed by atoms with Crippen LogP contribution >= 0.6 is 0 Å². The molecular weight excluding hydrogens is 246 g/mol. The molecule has 3 rings (SSSR count). The first-order valence-electron chi connectivity index (χ1n) is 6.70. The summed E-state index contributed by atoms with van der Waals surface area (Å²) in [7, 11) is 1.69. The fourth-order valence-electron chi connectivity index (χ4n) is 2.41. The molecule has 2 nitrogen and oxygen atoms in total. The van der Waals surface area contributed by atoms with Crippen LogP contribution in [0.5, 0.6) is 5.75 Å². The summed E-state index contributed by atoms with van der Waals surface area (Å²) in [5, 5.41) is 1.10. The molecule has 0 atom stereocenters. The average molecular weight is 263 g/mol. The van der Waals surface area contributed by atoms with Crippen molar-refractivity contribution in [3.63, 3.8) is 0 Å². The topological polar surface area (TPSA) is 22.1 Å². The van der Waals surface area contributed by atoms with Crippen LogP contribution < -0.4 is 4.74 Å². The zero-order valence-corrected chi connectivity index (χ0v) is 12.0. The molecule has 20 heavy (non-hydrogen) atoms. The maximum Gasteiger partial charge on any atom is 0.145 e. The lowest BCUT2D eigenvalue weighted by Crippen LogP contribution is -1.93. The quantitative estimate of drug-likeness (QED) is 0.677. The normalized spacial score (nSPS) is 10.8. The van der Waals surface area contributed by atoms with Gasteiger partial charge in [-0.15, -0.1) is 0 Å². The predicted octanol–water partition coefficient (Wildman–Crippen LogP) is 4.53. The van der Waals surface area contributed by atoms with Crippen LogP contribution in [0.4, 0.5) is 0 Å². The van der Waals surface area contributed by atoms with Crippen LogP contribution in [-0.4, -0.2) is 12.1 Å². The summed E-state index contributed by atoms with van der Waals surface area (Å²) < 4.78 is 5.52. The van der Waals surface area contributed by atoms with Gasteiger partial charge in [-0.3, -0.25) is 0 Å². The summed E-state index contributed by atoms with van der Waals surface area (Å²) in [5.74, 6) is 0.812. The summed E-state index contributed by atoms with van der Waals surface area (Å²) in [4.78, 5) is 4.79. The molecule has 0 saturated carbocycles. The maximum absolute atomic E-state index is 5.52. The van der Waals surface area contributed by atoms with Crippen LogP contribution in [-0.2, 0) is 0 Å². The molecule has 0 radical (unpaired) electrons. The standard InChI is InChI=1S/C18H17NO/c1-12-5-4-6-15(9-12)18-17(20-3)11-14-8-7-13(2)10-16(14)19-18/h4-11H,1-3H3. The molecule has 0 aliphatic carbocycles. The van der Waals surface area contributed by atoms with E-state index in [0.29, 0.717) is 0 Å². The van der Waals surface area contributed by atoms with Crippen LogP contribution in [0.1, 0.15) is 11.1 Å². The van der Waals surface area contributed by atoms with Crippen LogP contribution in [0.2, 0.25) is 0 Å². The third-order valence-electron chi connectivity index (χ3n) is 3.45. The van der Waals surface area contributed by atoms with E-state index in [-0.39, 0.29) is 0 Å². The second-order valence-corrected chi connectivity index (χ2v) is 5.10. The largest absolute Gasteiger partial charge is 0.494 e. The van der Waals surface area contributed by atoms with Crippen molar-refractivity contribution in [1.29, 1.82) is 0 Å². The maximum atomic E-state index is 5.52. The number of methoxy groups -OCH3 is 1. The predicted molar refractivity (Wildman–Crippen MR) is 83.2 cm³/mol. The summed E-state index contributed by atoms with van der Waals surface area (Å²) >= 11 is 0. The first-order chi connectivity index (χ1) is 9.67. The highest BCUT2D eigenvalue weighted by Gasteiger charge is 2.10. The number of hydrogen-bond donors (Lipinski definition) is 0. The van der Waals surface area contributed by atoms with Crippen molar-refractivity contribution in [2.75, 3.05) is 7.11 Å². The number of fused-ring (bicyclic) bond motifs is 1. The average Bonchev–Trinajstić information content (AvgIpc) is 2.45. The van der Waals surface area contributed by atoms with E-state index in [1.165, 1.54) is 11.1 Å². The van der Waals surface area contributed by atoms with E-state index in [4.69, 9.17) is 9.72 Å². The van der Waals surface area contributed by atoms with E-state index < -0.39 is 0 Å². The smallest absolute Gasteiger partial charge is 0.145 e. The lowest BCUT2D eigenvalue weighted by molar-refractivity contribution is 0.415. The molecule has 0 aliphatic heterocycles. The second kappa shape index (κ2) is 4.97. The van der Waals surface area contributed by atoms with Crippen molar-refractivity contribution in [3.05, 3.63) is 59.7 Å². The fourth-order valence-corrected chi connectivity index (χ4v) is 2.41. The lowest BCUT2D eigenvalue weighted by Gasteiger charge is -2.10. The summed E-state index contributed by atoms with van der Waals surface area (Å²) in [5.41, 5.74) is 5.42. The van der Waals surface area contributed by atoms with Crippen LogP contribution in [0.15, 0.2) is 48.5 Å². The van der Waals surface area contributed by atoms with Crippen molar-refractivity contribution in [2.24, 2.45) is 0 Å². The van der Waals surface area contributed by atoms with Crippen LogP contribution in [0.3, 0.4) is 0 Å². The zero-order valence-electron chi connectivity index (χ0n) is 12.0. The Bertz CT molecular complexity index is 777. The van der Waals surface area contributed by atoms with Gasteiger partial charge < -0.3 is 4.74 Å². The van der Waals surface area contributed by atoms with Gasteiger partial charge in [-0.2, -0.15) is 0 Å². The van der Waals surface area contributed by atoms with E-state index in [1.807, 2.05) is 6.07 Å². The molecule has 2 aromatic carbocycles. The van der Waals surface area contributed by atoms with E-state index in [2.05, 4.69) is 56.3 Å². The van der Waals surface area contributed by atoms with Gasteiger partial charge in [0.1, 0.15) is 11.4 Å². The van der Waals surface area contributed by atoms with Gasteiger partial charge in [0, 0.05) is 10.9 Å². The molecule has 1 aromatic heterocycles. The number of hydrogen-bond acceptors (Lipinski definition) is 2. The molecule has 0 unspecified atom stereocenters. The van der Waals surface area contributed by atoms with Gasteiger partial charge in [-0.1, -0.05) is 35.9 Å². The van der Waals surface area contributed by atoms with Gasteiger partial charge in [0.25, 0.3) is 0 Å². The van der Waals surface area contributed by atoms with Gasteiger partial charge in [-0.25, -0.2) is 4.98 Å². The monoisotopic (exact) mass is 263 g/mol. The summed E-state index contributed by atoms with van der Waals surface area (Å²) in [6.45, 7) is 4.17. The number of ether oxygens (including phenoxy) is 1. The molecule has 0 aliphatic rings. The van der Waals surface area contributed by atoms with Gasteiger partial charge in [0.05, 0.1) is 12.6 Å². The van der Waals surface area contributed by atoms with Crippen LogP contribution in [0.25, 0.3) is 22.2 Å². The molecule has 1 heterocycles. The Labute approximate surface area is 119 Å². The molecule has 0 bridgehead atoms. The minimum absolute atomic E-state index is 0.812. The molecule has 0 amide bonds. The highest BCUT2D eigenvalue weighted by Crippen LogP contribution is 2.31. The second-order valence-electron chi connectivity index (χ2n) is 5.10. The SMILES string of the molecule is COc1cc2ccc(C)cc2nc1-c1cccc(C)c1. The number of nitrogens with zero attached hydrogens (tertiary/aromatic N) is 1. The third kappa shape index (κ3) is 2.25. The Hall–Kier alpha value is -2.35. The molecule has 0 saturated heterocycles. The summed E-state index contributed by atoms with van der Waals surface area (Å²) in [6.07, 6.45) is 0. The first-order valence-corrected chi connectivity index (χ1v) is 6.70. The molecule has 100 valence electrons. The molecule has 3 aromatic rings. The number of benzene rings is 2. The van der Waals surface area contributed by atoms with Gasteiger partial charge >= 0.3 is 0 Å². The highest BCUT2D eigenvalue weighted by atomic mass is 16.5. The van der Waals surface area contributed by atoms with Crippen molar-refractivity contribution >= 4 is 10.9 Å². The lowest BCUT2D eigenvalue weighted by atomic mass is 10.1. The fraction of sp³-hybridized carbons (Fsp3) is 0.167. The molecular formula is C18H17NO. The first kappa shape index (κ1) is 12.7. The van der Waals surface area contributed by atoms with Gasteiger partial charge in [-0.05, 0) is 37.6 Å². The summed E-state index contributed by atoms with van der Waals surface area (Å²) in [6, 6.07) is 16.7. The molecule has 0 N–H and O–H groups in total. The Morgan fingerprint density at radius 2 is 1.70 bits per heavy atom. The molecule has 2 heteroatoms. The van der Waals surface area contributed by atoms with E-state index in [1.54, 1.807) is 7.11 Å². The van der Waals surface area contributed by atoms with Crippen molar-refractivity contribution in [1.82, 2.24) is 4.98 Å². The Balaban J connectivity index is 2.27. The van der Waals surface area contributed by atoms with Crippen molar-refractivity contribution < 1.29 is 4.74 Å². The molecule has 0 fully saturated rings. The van der Waals surface area contributed by atoms with E-state index in [9.17, 15) is 0 Å². The Morgan fingerprint density at radius 1 is 0.900 bits per heavy atom. The number of aromatic nitrogens is 1. The van der Waals surface area contributed by atoms with E-state index >= 15 is 0 Å². The van der Waals surface area contributed by atoms with Gasteiger partial charge in [0.15, 0.2) is 0 Å². The minimum Gasteiger partial charge on any atom is -0.494 e. The van der Waals surface area contributed by atoms with E-state index in [0.717, 1.165) is 27.9 Å². The third-order valence-corrected chi connectivity index (χ3v) is 3.45. The Kier molecular flexibility index (Phi) is 3.15.